The van der Waals surface area contributed by atoms with Crippen LogP contribution in [0.1, 0.15) is 59.8 Å². The maximum absolute atomic E-state index is 12.9. The number of amides is 2. The van der Waals surface area contributed by atoms with Gasteiger partial charge in [0.1, 0.15) is 0 Å². The Bertz CT molecular complexity index is 550. The van der Waals surface area contributed by atoms with E-state index in [1.54, 1.807) is 0 Å². The molecule has 0 bridgehead atoms. The van der Waals surface area contributed by atoms with Crippen LogP contribution in [0.5, 0.6) is 0 Å². The van der Waals surface area contributed by atoms with Gasteiger partial charge in [-0.3, -0.25) is 9.59 Å². The second-order valence-corrected chi connectivity index (χ2v) is 10.4. The van der Waals surface area contributed by atoms with E-state index in [4.69, 9.17) is 0 Å². The Kier molecular flexibility index (Phi) is 7.60. The van der Waals surface area contributed by atoms with Crippen LogP contribution in [0.2, 0.25) is 0 Å². The van der Waals surface area contributed by atoms with Crippen LogP contribution in [-0.4, -0.2) is 96.4 Å². The van der Waals surface area contributed by atoms with Gasteiger partial charge in [-0.15, -0.1) is 0 Å². The van der Waals surface area contributed by atoms with Crippen LogP contribution in [0.4, 0.5) is 0 Å². The molecule has 3 heterocycles. The summed E-state index contributed by atoms with van der Waals surface area (Å²) in [6.45, 7) is 17.4. The summed E-state index contributed by atoms with van der Waals surface area (Å²) in [6.07, 6.45) is 4.78. The van der Waals surface area contributed by atoms with Crippen molar-refractivity contribution in [3.8, 4) is 0 Å². The van der Waals surface area contributed by atoms with E-state index in [-0.39, 0.29) is 11.3 Å². The van der Waals surface area contributed by atoms with E-state index in [2.05, 4.69) is 47.3 Å². The summed E-state index contributed by atoms with van der Waals surface area (Å²) in [5.74, 6) is 0.916. The van der Waals surface area contributed by atoms with Gasteiger partial charge in [0.15, 0.2) is 0 Å². The van der Waals surface area contributed by atoms with Crippen LogP contribution in [-0.2, 0) is 9.59 Å². The Labute approximate surface area is 177 Å². The summed E-state index contributed by atoms with van der Waals surface area (Å²) >= 11 is 0. The highest BCUT2D eigenvalue weighted by molar-refractivity contribution is 5.79. The summed E-state index contributed by atoms with van der Waals surface area (Å²) in [7, 11) is 0. The number of nitrogens with zero attached hydrogens (tertiary/aromatic N) is 4. The van der Waals surface area contributed by atoms with Gasteiger partial charge in [0, 0.05) is 57.6 Å². The molecule has 0 N–H and O–H groups in total. The van der Waals surface area contributed by atoms with Crippen LogP contribution in [0.15, 0.2) is 0 Å². The summed E-state index contributed by atoms with van der Waals surface area (Å²) in [5, 5.41) is 0. The van der Waals surface area contributed by atoms with Crippen molar-refractivity contribution in [2.45, 2.75) is 65.8 Å². The molecule has 0 saturated carbocycles. The van der Waals surface area contributed by atoms with Gasteiger partial charge in [0.05, 0.1) is 0 Å². The second-order valence-electron chi connectivity index (χ2n) is 10.4. The summed E-state index contributed by atoms with van der Waals surface area (Å²) in [6, 6.07) is 0.581. The summed E-state index contributed by atoms with van der Waals surface area (Å²) in [4.78, 5) is 34.6. The van der Waals surface area contributed by atoms with Crippen molar-refractivity contribution in [2.75, 3.05) is 58.9 Å². The molecule has 3 saturated heterocycles. The molecule has 3 aliphatic heterocycles. The van der Waals surface area contributed by atoms with Gasteiger partial charge in [0.2, 0.25) is 11.8 Å². The molecule has 29 heavy (non-hydrogen) atoms. The monoisotopic (exact) mass is 406 g/mol. The molecule has 2 amide bonds. The molecule has 0 spiro atoms. The van der Waals surface area contributed by atoms with Gasteiger partial charge in [0.25, 0.3) is 0 Å². The van der Waals surface area contributed by atoms with E-state index in [1.165, 1.54) is 0 Å². The number of rotatable bonds is 4. The maximum atomic E-state index is 12.9. The van der Waals surface area contributed by atoms with Crippen LogP contribution < -0.4 is 0 Å². The highest BCUT2D eigenvalue weighted by atomic mass is 16.2. The summed E-state index contributed by atoms with van der Waals surface area (Å²) < 4.78 is 0. The van der Waals surface area contributed by atoms with Crippen molar-refractivity contribution in [3.05, 3.63) is 0 Å². The quantitative estimate of drug-likeness (QED) is 0.719. The normalized spacial score (nSPS) is 24.1. The standard InChI is InChI=1S/C23H42N4O2/c1-5-24-14-16-27(17-15-24)22(29)19-6-10-25(11-7-19)20-8-12-26(13-9-20)21(28)18-23(2,3)4/h19-20H,5-18H2,1-4H3. The van der Waals surface area contributed by atoms with Crippen LogP contribution >= 0.6 is 0 Å². The largest absolute Gasteiger partial charge is 0.343 e. The van der Waals surface area contributed by atoms with Gasteiger partial charge < -0.3 is 19.6 Å². The third kappa shape index (κ3) is 6.17. The molecule has 3 aliphatic rings. The first-order valence-electron chi connectivity index (χ1n) is 11.8. The molecular weight excluding hydrogens is 364 g/mol. The lowest BCUT2D eigenvalue weighted by Gasteiger charge is -2.43. The fraction of sp³-hybridized carbons (Fsp3) is 0.913. The van der Waals surface area contributed by atoms with E-state index in [1.807, 2.05) is 0 Å². The molecule has 166 valence electrons. The Morgan fingerprint density at radius 1 is 0.793 bits per heavy atom. The lowest BCUT2D eigenvalue weighted by Crippen LogP contribution is -2.53. The fourth-order valence-electron chi connectivity index (χ4n) is 5.10. The van der Waals surface area contributed by atoms with E-state index < -0.39 is 0 Å². The zero-order valence-corrected chi connectivity index (χ0v) is 19.2. The van der Waals surface area contributed by atoms with Crippen LogP contribution in [0.25, 0.3) is 0 Å². The molecule has 3 rings (SSSR count). The molecular formula is C23H42N4O2. The number of piperazine rings is 1. The average Bonchev–Trinajstić information content (AvgIpc) is 2.72. The minimum absolute atomic E-state index is 0.0610. The number of carbonyl (C=O) groups excluding carboxylic acids is 2. The number of hydrogen-bond acceptors (Lipinski definition) is 4. The Morgan fingerprint density at radius 3 is 1.90 bits per heavy atom. The molecule has 0 aromatic rings. The first-order valence-corrected chi connectivity index (χ1v) is 11.8. The Hall–Kier alpha value is -1.14. The first-order chi connectivity index (χ1) is 13.8. The number of likely N-dealkylation sites (N-methyl/N-ethyl adjacent to an activating group) is 1. The van der Waals surface area contributed by atoms with Gasteiger partial charge in [-0.1, -0.05) is 27.7 Å². The van der Waals surface area contributed by atoms with E-state index >= 15 is 0 Å². The maximum Gasteiger partial charge on any atom is 0.225 e. The molecule has 3 fully saturated rings. The molecule has 0 aromatic carbocycles. The van der Waals surface area contributed by atoms with E-state index in [0.717, 1.165) is 84.6 Å². The SMILES string of the molecule is CCN1CCN(C(=O)C2CCN(C3CCN(C(=O)CC(C)(C)C)CC3)CC2)CC1. The smallest absolute Gasteiger partial charge is 0.225 e. The van der Waals surface area contributed by atoms with Gasteiger partial charge >= 0.3 is 0 Å². The molecule has 0 radical (unpaired) electrons. The zero-order valence-electron chi connectivity index (χ0n) is 19.2. The third-order valence-electron chi connectivity index (χ3n) is 7.03. The second kappa shape index (κ2) is 9.78. The molecule has 0 atom stereocenters. The van der Waals surface area contributed by atoms with Crippen molar-refractivity contribution >= 4 is 11.8 Å². The molecule has 6 nitrogen and oxygen atoms in total. The number of carbonyl (C=O) groups is 2. The fourth-order valence-corrected chi connectivity index (χ4v) is 5.10. The van der Waals surface area contributed by atoms with E-state index in [9.17, 15) is 9.59 Å². The highest BCUT2D eigenvalue weighted by Crippen LogP contribution is 2.27. The van der Waals surface area contributed by atoms with Crippen molar-refractivity contribution in [3.63, 3.8) is 0 Å². The zero-order chi connectivity index (χ0) is 21.0. The molecule has 0 aliphatic carbocycles. The van der Waals surface area contributed by atoms with Crippen molar-refractivity contribution in [1.29, 1.82) is 0 Å². The average molecular weight is 407 g/mol. The number of hydrogen-bond donors (Lipinski definition) is 0. The van der Waals surface area contributed by atoms with Gasteiger partial charge in [-0.05, 0) is 50.7 Å². The molecule has 6 heteroatoms. The summed E-state index contributed by atoms with van der Waals surface area (Å²) in [5.41, 5.74) is 0.0610. The first kappa shape index (κ1) is 22.5. The van der Waals surface area contributed by atoms with Crippen molar-refractivity contribution < 1.29 is 9.59 Å². The van der Waals surface area contributed by atoms with Crippen molar-refractivity contribution in [1.82, 2.24) is 19.6 Å². The topological polar surface area (TPSA) is 47.1 Å². The lowest BCUT2D eigenvalue weighted by molar-refractivity contribution is -0.140. The van der Waals surface area contributed by atoms with Crippen molar-refractivity contribution in [2.24, 2.45) is 11.3 Å². The number of piperidine rings is 2. The van der Waals surface area contributed by atoms with Gasteiger partial charge in [-0.25, -0.2) is 0 Å². The Balaban J connectivity index is 1.39. The molecule has 0 aromatic heterocycles. The Morgan fingerprint density at radius 2 is 1.38 bits per heavy atom. The van der Waals surface area contributed by atoms with Gasteiger partial charge in [-0.2, -0.15) is 0 Å². The predicted octanol–water partition coefficient (Wildman–Crippen LogP) is 2.29. The highest BCUT2D eigenvalue weighted by Gasteiger charge is 2.34. The minimum atomic E-state index is 0.0610. The number of likely N-dealkylation sites (tertiary alicyclic amines) is 2. The molecule has 0 unspecified atom stereocenters. The lowest BCUT2D eigenvalue weighted by atomic mass is 9.90. The van der Waals surface area contributed by atoms with Crippen LogP contribution in [0, 0.1) is 11.3 Å². The minimum Gasteiger partial charge on any atom is -0.343 e. The van der Waals surface area contributed by atoms with E-state index in [0.29, 0.717) is 24.3 Å². The predicted molar refractivity (Wildman–Crippen MR) is 117 cm³/mol. The van der Waals surface area contributed by atoms with Crippen LogP contribution in [0.3, 0.4) is 0 Å². The third-order valence-corrected chi connectivity index (χ3v) is 7.03.